The molecule has 26 heavy (non-hydrogen) atoms. The smallest absolute Gasteiger partial charge is 0.338 e. The van der Waals surface area contributed by atoms with E-state index in [1.165, 1.54) is 6.92 Å². The molecule has 0 aliphatic rings. The summed E-state index contributed by atoms with van der Waals surface area (Å²) in [7, 11) is 0. The van der Waals surface area contributed by atoms with Gasteiger partial charge in [0.25, 0.3) is 0 Å². The zero-order valence-corrected chi connectivity index (χ0v) is 14.9. The monoisotopic (exact) mass is 368 g/mol. The van der Waals surface area contributed by atoms with Crippen LogP contribution in [0.5, 0.6) is 0 Å². The molecule has 3 aromatic rings. The number of carbonyl (C=O) groups excluding carboxylic acids is 2. The third-order valence-corrected chi connectivity index (χ3v) is 4.17. The van der Waals surface area contributed by atoms with Gasteiger partial charge in [-0.15, -0.1) is 0 Å². The van der Waals surface area contributed by atoms with Gasteiger partial charge in [0.15, 0.2) is 0 Å². The molecule has 1 amide bonds. The second-order valence-corrected chi connectivity index (χ2v) is 6.17. The molecule has 0 saturated heterocycles. The minimum absolute atomic E-state index is 0.0448. The fourth-order valence-electron chi connectivity index (χ4n) is 2.45. The highest BCUT2D eigenvalue weighted by molar-refractivity contribution is 6.30. The maximum atomic E-state index is 12.2. The molecular formula is C20H17ClN2O3. The van der Waals surface area contributed by atoms with Crippen LogP contribution in [0, 0.1) is 0 Å². The van der Waals surface area contributed by atoms with Crippen molar-refractivity contribution >= 4 is 34.4 Å². The molecule has 5 nitrogen and oxygen atoms in total. The molecule has 0 aliphatic heterocycles. The van der Waals surface area contributed by atoms with Gasteiger partial charge in [-0.25, -0.2) is 9.78 Å². The minimum atomic E-state index is -0.444. The number of aromatic nitrogens is 1. The van der Waals surface area contributed by atoms with E-state index in [4.69, 9.17) is 16.3 Å². The number of pyridine rings is 1. The lowest BCUT2D eigenvalue weighted by atomic mass is 10.1. The third kappa shape index (κ3) is 4.37. The number of rotatable bonds is 5. The summed E-state index contributed by atoms with van der Waals surface area (Å²) in [6, 6.07) is 16.4. The second kappa shape index (κ2) is 7.97. The lowest BCUT2D eigenvalue weighted by Gasteiger charge is -2.08. The number of esters is 1. The normalized spacial score (nSPS) is 10.5. The Kier molecular flexibility index (Phi) is 5.49. The van der Waals surface area contributed by atoms with Crippen LogP contribution in [0.25, 0.3) is 10.9 Å². The number of nitrogens with zero attached hydrogens (tertiary/aromatic N) is 1. The first-order valence-electron chi connectivity index (χ1n) is 8.07. The molecule has 1 heterocycles. The molecule has 0 spiro atoms. The maximum Gasteiger partial charge on any atom is 0.338 e. The van der Waals surface area contributed by atoms with Gasteiger partial charge in [0.2, 0.25) is 5.91 Å². The van der Waals surface area contributed by atoms with Gasteiger partial charge in [-0.2, -0.15) is 0 Å². The molecule has 0 bridgehead atoms. The SMILES string of the molecule is CC(=O)NCc1ccc(C(=O)OCc2cc3ccccc3nc2Cl)cc1. The molecule has 0 fully saturated rings. The summed E-state index contributed by atoms with van der Waals surface area (Å²) in [6.07, 6.45) is 0. The number of carbonyl (C=O) groups is 2. The molecule has 0 unspecified atom stereocenters. The predicted molar refractivity (Wildman–Crippen MR) is 99.8 cm³/mol. The first-order valence-corrected chi connectivity index (χ1v) is 8.45. The molecule has 132 valence electrons. The summed E-state index contributed by atoms with van der Waals surface area (Å²) in [5.41, 5.74) is 2.78. The van der Waals surface area contributed by atoms with E-state index in [1.807, 2.05) is 30.3 Å². The maximum absolute atomic E-state index is 12.2. The van der Waals surface area contributed by atoms with Crippen molar-refractivity contribution in [2.45, 2.75) is 20.1 Å². The van der Waals surface area contributed by atoms with Gasteiger partial charge in [0.05, 0.1) is 11.1 Å². The van der Waals surface area contributed by atoms with E-state index in [-0.39, 0.29) is 12.5 Å². The van der Waals surface area contributed by atoms with Crippen molar-refractivity contribution in [2.75, 3.05) is 0 Å². The van der Waals surface area contributed by atoms with Crippen molar-refractivity contribution in [1.29, 1.82) is 0 Å². The van der Waals surface area contributed by atoms with Crippen molar-refractivity contribution in [2.24, 2.45) is 0 Å². The number of amides is 1. The summed E-state index contributed by atoms with van der Waals surface area (Å²) in [4.78, 5) is 27.4. The number of ether oxygens (including phenoxy) is 1. The zero-order valence-electron chi connectivity index (χ0n) is 14.2. The predicted octanol–water partition coefficient (Wildman–Crippen LogP) is 3.88. The zero-order chi connectivity index (χ0) is 18.5. The lowest BCUT2D eigenvalue weighted by molar-refractivity contribution is -0.119. The fourth-order valence-corrected chi connectivity index (χ4v) is 2.65. The van der Waals surface area contributed by atoms with Gasteiger partial charge in [-0.3, -0.25) is 4.79 Å². The van der Waals surface area contributed by atoms with Gasteiger partial charge in [-0.1, -0.05) is 41.9 Å². The van der Waals surface area contributed by atoms with Crippen LogP contribution >= 0.6 is 11.6 Å². The van der Waals surface area contributed by atoms with E-state index in [0.29, 0.717) is 22.8 Å². The first kappa shape index (κ1) is 17.9. The number of nitrogens with one attached hydrogen (secondary N) is 1. The molecular weight excluding hydrogens is 352 g/mol. The Hall–Kier alpha value is -2.92. The molecule has 1 N–H and O–H groups in total. The Morgan fingerprint density at radius 2 is 1.85 bits per heavy atom. The van der Waals surface area contributed by atoms with Crippen molar-refractivity contribution in [1.82, 2.24) is 10.3 Å². The van der Waals surface area contributed by atoms with Gasteiger partial charge in [0.1, 0.15) is 11.8 Å². The largest absolute Gasteiger partial charge is 0.457 e. The Morgan fingerprint density at radius 1 is 1.12 bits per heavy atom. The standard InChI is InChI=1S/C20H17ClN2O3/c1-13(24)22-11-14-6-8-15(9-7-14)20(25)26-12-17-10-16-4-2-3-5-18(16)23-19(17)21/h2-10H,11-12H2,1H3,(H,22,24). The Labute approximate surface area is 156 Å². The highest BCUT2D eigenvalue weighted by atomic mass is 35.5. The number of fused-ring (bicyclic) bond motifs is 1. The van der Waals surface area contributed by atoms with Crippen LogP contribution in [0.1, 0.15) is 28.4 Å². The molecule has 2 aromatic carbocycles. The highest BCUT2D eigenvalue weighted by Gasteiger charge is 2.11. The van der Waals surface area contributed by atoms with E-state index >= 15 is 0 Å². The van der Waals surface area contributed by atoms with Crippen LogP contribution in [0.3, 0.4) is 0 Å². The van der Waals surface area contributed by atoms with Gasteiger partial charge in [-0.05, 0) is 29.8 Å². The van der Waals surface area contributed by atoms with Crippen LogP contribution in [0.4, 0.5) is 0 Å². The fraction of sp³-hybridized carbons (Fsp3) is 0.150. The first-order chi connectivity index (χ1) is 12.5. The summed E-state index contributed by atoms with van der Waals surface area (Å²) in [5.74, 6) is -0.547. The van der Waals surface area contributed by atoms with E-state index in [9.17, 15) is 9.59 Å². The number of halogens is 1. The quantitative estimate of drug-likeness (QED) is 0.548. The average molecular weight is 369 g/mol. The molecule has 0 saturated carbocycles. The van der Waals surface area contributed by atoms with Crippen molar-refractivity contribution in [3.63, 3.8) is 0 Å². The Morgan fingerprint density at radius 3 is 2.58 bits per heavy atom. The van der Waals surface area contributed by atoms with E-state index in [2.05, 4.69) is 10.3 Å². The molecule has 0 atom stereocenters. The van der Waals surface area contributed by atoms with Crippen molar-refractivity contribution < 1.29 is 14.3 Å². The summed E-state index contributed by atoms with van der Waals surface area (Å²) < 4.78 is 5.35. The number of hydrogen-bond donors (Lipinski definition) is 1. The average Bonchev–Trinajstić information content (AvgIpc) is 2.64. The summed E-state index contributed by atoms with van der Waals surface area (Å²) in [6.45, 7) is 1.92. The van der Waals surface area contributed by atoms with Crippen molar-refractivity contribution in [3.05, 3.63) is 76.4 Å². The molecule has 1 aromatic heterocycles. The third-order valence-electron chi connectivity index (χ3n) is 3.84. The van der Waals surface area contributed by atoms with E-state index < -0.39 is 5.97 Å². The summed E-state index contributed by atoms with van der Waals surface area (Å²) >= 11 is 6.18. The summed E-state index contributed by atoms with van der Waals surface area (Å²) in [5, 5.41) is 3.96. The van der Waals surface area contributed by atoms with Crippen LogP contribution in [0.15, 0.2) is 54.6 Å². The van der Waals surface area contributed by atoms with Gasteiger partial charge in [0, 0.05) is 24.4 Å². The molecule has 3 rings (SSSR count). The van der Waals surface area contributed by atoms with Gasteiger partial charge >= 0.3 is 5.97 Å². The van der Waals surface area contributed by atoms with Crippen LogP contribution < -0.4 is 5.32 Å². The van der Waals surface area contributed by atoms with E-state index in [1.54, 1.807) is 24.3 Å². The van der Waals surface area contributed by atoms with Crippen LogP contribution in [-0.4, -0.2) is 16.9 Å². The highest BCUT2D eigenvalue weighted by Crippen LogP contribution is 2.21. The Balaban J connectivity index is 1.65. The number of benzene rings is 2. The number of para-hydroxylation sites is 1. The second-order valence-electron chi connectivity index (χ2n) is 5.81. The Bertz CT molecular complexity index is 955. The topological polar surface area (TPSA) is 68.3 Å². The van der Waals surface area contributed by atoms with Crippen LogP contribution in [-0.2, 0) is 22.7 Å². The van der Waals surface area contributed by atoms with Crippen molar-refractivity contribution in [3.8, 4) is 0 Å². The number of hydrogen-bond acceptors (Lipinski definition) is 4. The molecule has 6 heteroatoms. The van der Waals surface area contributed by atoms with Gasteiger partial charge < -0.3 is 10.1 Å². The van der Waals surface area contributed by atoms with Crippen LogP contribution in [0.2, 0.25) is 5.15 Å². The minimum Gasteiger partial charge on any atom is -0.457 e. The lowest BCUT2D eigenvalue weighted by Crippen LogP contribution is -2.18. The molecule has 0 aliphatic carbocycles. The molecule has 0 radical (unpaired) electrons. The van der Waals surface area contributed by atoms with E-state index in [0.717, 1.165) is 16.5 Å².